The van der Waals surface area contributed by atoms with Crippen LogP contribution in [0, 0.1) is 17.1 Å². The first-order chi connectivity index (χ1) is 15.6. The van der Waals surface area contributed by atoms with Crippen molar-refractivity contribution >= 4 is 27.3 Å². The molecular formula is C23H24FN5O3S. The molecule has 1 fully saturated rings. The van der Waals surface area contributed by atoms with Crippen molar-refractivity contribution in [1.82, 2.24) is 4.98 Å². The number of hydrogen-bond acceptors (Lipinski definition) is 7. The van der Waals surface area contributed by atoms with Gasteiger partial charge in [-0.1, -0.05) is 19.3 Å². The number of nitrogens with two attached hydrogens (primary N) is 1. The highest BCUT2D eigenvalue weighted by molar-refractivity contribution is 7.93. The molecule has 0 bridgehead atoms. The monoisotopic (exact) mass is 469 g/mol. The van der Waals surface area contributed by atoms with Gasteiger partial charge >= 0.3 is 0 Å². The molecule has 1 spiro atoms. The Morgan fingerprint density at radius 1 is 1.21 bits per heavy atom. The number of anilines is 1. The van der Waals surface area contributed by atoms with Crippen LogP contribution in [0.5, 0.6) is 0 Å². The van der Waals surface area contributed by atoms with Crippen LogP contribution in [0.15, 0.2) is 41.5 Å². The minimum absolute atomic E-state index is 0.0327. The summed E-state index contributed by atoms with van der Waals surface area (Å²) in [6.45, 7) is 1.54. The summed E-state index contributed by atoms with van der Waals surface area (Å²) in [4.78, 5) is 21.0. The van der Waals surface area contributed by atoms with Gasteiger partial charge in [-0.2, -0.15) is 5.26 Å². The molecule has 3 N–H and O–H groups in total. The second-order valence-corrected chi connectivity index (χ2v) is 11.1. The normalized spacial score (nSPS) is 23.4. The van der Waals surface area contributed by atoms with Crippen molar-refractivity contribution in [2.45, 2.75) is 49.3 Å². The van der Waals surface area contributed by atoms with E-state index in [9.17, 15) is 17.6 Å². The molecule has 2 aromatic rings. The predicted octanol–water partition coefficient (Wildman–Crippen LogP) is 3.05. The summed E-state index contributed by atoms with van der Waals surface area (Å²) in [5.74, 6) is -1.53. The van der Waals surface area contributed by atoms with Gasteiger partial charge in [0.25, 0.3) is 5.91 Å². The number of rotatable bonds is 3. The summed E-state index contributed by atoms with van der Waals surface area (Å²) in [7, 11) is -3.70. The number of amides is 1. The van der Waals surface area contributed by atoms with Crippen LogP contribution in [0.4, 0.5) is 10.1 Å². The minimum Gasteiger partial charge on any atom is -0.386 e. The van der Waals surface area contributed by atoms with Gasteiger partial charge in [0.15, 0.2) is 9.84 Å². The van der Waals surface area contributed by atoms with Gasteiger partial charge in [0.05, 0.1) is 11.3 Å². The highest BCUT2D eigenvalue weighted by atomic mass is 32.2. The van der Waals surface area contributed by atoms with E-state index in [-0.39, 0.29) is 28.5 Å². The van der Waals surface area contributed by atoms with E-state index in [4.69, 9.17) is 11.0 Å². The van der Waals surface area contributed by atoms with E-state index in [0.717, 1.165) is 25.3 Å². The summed E-state index contributed by atoms with van der Waals surface area (Å²) in [5.41, 5.74) is 5.50. The van der Waals surface area contributed by atoms with Gasteiger partial charge in [-0.25, -0.2) is 17.8 Å². The second kappa shape index (κ2) is 8.23. The molecule has 172 valence electrons. The van der Waals surface area contributed by atoms with Crippen molar-refractivity contribution in [1.29, 1.82) is 5.26 Å². The summed E-state index contributed by atoms with van der Waals surface area (Å²) in [6.07, 6.45) is 4.59. The lowest BCUT2D eigenvalue weighted by molar-refractivity contribution is 0.102. The average molecular weight is 470 g/mol. The highest BCUT2D eigenvalue weighted by Crippen LogP contribution is 2.44. The molecule has 0 radical (unpaired) electrons. The Kier molecular flexibility index (Phi) is 5.70. The SMILES string of the molecule is CC1(c2cc(NC(=O)c3ccc(C#N)cn3)ccc2F)CS(=O)(=O)C2(CCCCC2)C(N)=N1. The second-order valence-electron chi connectivity index (χ2n) is 8.78. The van der Waals surface area contributed by atoms with Gasteiger partial charge < -0.3 is 11.1 Å². The lowest BCUT2D eigenvalue weighted by Crippen LogP contribution is -2.59. The van der Waals surface area contributed by atoms with E-state index < -0.39 is 31.8 Å². The van der Waals surface area contributed by atoms with Gasteiger partial charge in [0.1, 0.15) is 33.7 Å². The third-order valence-corrected chi connectivity index (χ3v) is 9.24. The summed E-state index contributed by atoms with van der Waals surface area (Å²) >= 11 is 0. The summed E-state index contributed by atoms with van der Waals surface area (Å²) < 4.78 is 40.5. The number of sulfone groups is 1. The first-order valence-electron chi connectivity index (χ1n) is 10.7. The smallest absolute Gasteiger partial charge is 0.274 e. The van der Waals surface area contributed by atoms with Crippen LogP contribution in [0.1, 0.15) is 60.6 Å². The van der Waals surface area contributed by atoms with Crippen molar-refractivity contribution in [3.63, 3.8) is 0 Å². The largest absolute Gasteiger partial charge is 0.386 e. The number of nitrogens with zero attached hydrogens (tertiary/aromatic N) is 3. The van der Waals surface area contributed by atoms with Gasteiger partial charge in [-0.3, -0.25) is 9.79 Å². The molecule has 1 aromatic carbocycles. The van der Waals surface area contributed by atoms with Crippen LogP contribution < -0.4 is 11.1 Å². The highest BCUT2D eigenvalue weighted by Gasteiger charge is 2.55. The Bertz CT molecular complexity index is 1280. The summed E-state index contributed by atoms with van der Waals surface area (Å²) in [5, 5.41) is 11.5. The molecule has 1 saturated carbocycles. The fourth-order valence-electron chi connectivity index (χ4n) is 4.70. The fraction of sp³-hybridized carbons (Fsp3) is 0.391. The molecule has 1 amide bonds. The Balaban J connectivity index is 1.67. The van der Waals surface area contributed by atoms with E-state index in [2.05, 4.69) is 15.3 Å². The quantitative estimate of drug-likeness (QED) is 0.708. The average Bonchev–Trinajstić information content (AvgIpc) is 2.79. The molecule has 8 nitrogen and oxygen atoms in total. The van der Waals surface area contributed by atoms with Crippen LogP contribution in [0.3, 0.4) is 0 Å². The molecule has 2 heterocycles. The topological polar surface area (TPSA) is 138 Å². The van der Waals surface area contributed by atoms with Crippen molar-refractivity contribution < 1.29 is 17.6 Å². The zero-order valence-corrected chi connectivity index (χ0v) is 19.0. The number of hydrogen-bond donors (Lipinski definition) is 2. The molecule has 1 atom stereocenters. The van der Waals surface area contributed by atoms with Crippen molar-refractivity contribution in [2.75, 3.05) is 11.1 Å². The molecule has 33 heavy (non-hydrogen) atoms. The molecule has 2 aliphatic rings. The third-order valence-electron chi connectivity index (χ3n) is 6.49. The van der Waals surface area contributed by atoms with Gasteiger partial charge in [0, 0.05) is 17.4 Å². The van der Waals surface area contributed by atoms with Crippen molar-refractivity contribution in [3.05, 3.63) is 59.2 Å². The van der Waals surface area contributed by atoms with Gasteiger partial charge in [-0.05, 0) is 50.1 Å². The number of carbonyl (C=O) groups is 1. The maximum absolute atomic E-state index is 14.9. The number of nitriles is 1. The number of halogens is 1. The van der Waals surface area contributed by atoms with E-state index in [1.54, 1.807) is 6.92 Å². The van der Waals surface area contributed by atoms with E-state index in [1.165, 1.54) is 30.5 Å². The zero-order valence-electron chi connectivity index (χ0n) is 18.1. The molecule has 10 heteroatoms. The minimum atomic E-state index is -3.70. The van der Waals surface area contributed by atoms with E-state index >= 15 is 0 Å². The van der Waals surface area contributed by atoms with Crippen LogP contribution >= 0.6 is 0 Å². The molecule has 1 aromatic heterocycles. The van der Waals surface area contributed by atoms with E-state index in [1.807, 2.05) is 6.07 Å². The van der Waals surface area contributed by atoms with Crippen LogP contribution in [0.2, 0.25) is 0 Å². The Morgan fingerprint density at radius 2 is 1.94 bits per heavy atom. The number of benzene rings is 1. The molecule has 4 rings (SSSR count). The number of aliphatic imine (C=N–C) groups is 1. The van der Waals surface area contributed by atoms with E-state index in [0.29, 0.717) is 18.4 Å². The van der Waals surface area contributed by atoms with Crippen LogP contribution in [-0.4, -0.2) is 35.6 Å². The zero-order chi connectivity index (χ0) is 23.9. The first-order valence-corrected chi connectivity index (χ1v) is 12.3. The molecule has 0 saturated heterocycles. The van der Waals surface area contributed by atoms with Crippen molar-refractivity contribution in [3.8, 4) is 6.07 Å². The molecular weight excluding hydrogens is 445 g/mol. The third kappa shape index (κ3) is 3.97. The van der Waals surface area contributed by atoms with Gasteiger partial charge in [-0.15, -0.1) is 0 Å². The molecule has 1 unspecified atom stereocenters. The van der Waals surface area contributed by atoms with Gasteiger partial charge in [0.2, 0.25) is 0 Å². The number of pyridine rings is 1. The predicted molar refractivity (Wildman–Crippen MR) is 122 cm³/mol. The number of amidine groups is 1. The maximum Gasteiger partial charge on any atom is 0.274 e. The molecule has 1 aliphatic heterocycles. The lowest BCUT2D eigenvalue weighted by Gasteiger charge is -2.43. The van der Waals surface area contributed by atoms with Crippen LogP contribution in [-0.2, 0) is 15.4 Å². The summed E-state index contributed by atoms with van der Waals surface area (Å²) in [6, 6.07) is 8.70. The van der Waals surface area contributed by atoms with Crippen molar-refractivity contribution in [2.24, 2.45) is 10.7 Å². The molecule has 1 aliphatic carbocycles. The number of carbonyl (C=O) groups excluding carboxylic acids is 1. The lowest BCUT2D eigenvalue weighted by atomic mass is 9.86. The first kappa shape index (κ1) is 22.9. The Hall–Kier alpha value is -3.32. The standard InChI is InChI=1S/C23H24FN5O3S/c1-22(14-33(31,32)23(21(26)29-22)9-3-2-4-10-23)17-11-16(6-7-18(17)24)28-20(30)19-8-5-15(12-25)13-27-19/h5-8,11,13H,2-4,9-10,14H2,1H3,(H2,26,29)(H,28,30). The Morgan fingerprint density at radius 3 is 2.55 bits per heavy atom. The van der Waals surface area contributed by atoms with Crippen LogP contribution in [0.25, 0.3) is 0 Å². The fourth-order valence-corrected chi connectivity index (χ4v) is 7.21. The Labute approximate surface area is 191 Å². The number of aromatic nitrogens is 1. The number of nitrogens with one attached hydrogen (secondary N) is 1. The maximum atomic E-state index is 14.9.